The number of allylic oxidation sites excluding steroid dienone is 4. The summed E-state index contributed by atoms with van der Waals surface area (Å²) in [6, 6.07) is -0.697. The van der Waals surface area contributed by atoms with Gasteiger partial charge in [0.15, 0.2) is 0 Å². The summed E-state index contributed by atoms with van der Waals surface area (Å²) in [5.74, 6) is -0.297. The van der Waals surface area contributed by atoms with Gasteiger partial charge in [0.2, 0.25) is 5.91 Å². The summed E-state index contributed by atoms with van der Waals surface area (Å²) < 4.78 is 0. The average molecular weight is 704 g/mol. The Labute approximate surface area is 311 Å². The Kier molecular flexibility index (Phi) is 40.8. The van der Waals surface area contributed by atoms with Crippen LogP contribution in [0.15, 0.2) is 36.5 Å². The minimum absolute atomic E-state index is 0.297. The van der Waals surface area contributed by atoms with E-state index in [4.69, 9.17) is 5.11 Å². The van der Waals surface area contributed by atoms with E-state index in [1.807, 2.05) is 12.2 Å². The fourth-order valence-corrected chi connectivity index (χ4v) is 6.64. The third-order valence-electron chi connectivity index (χ3n) is 10.0. The molecule has 5 heteroatoms. The van der Waals surface area contributed by atoms with Gasteiger partial charge in [-0.15, -0.1) is 0 Å². The number of unbranched alkanes of at least 4 members (excludes halogenated alkanes) is 31. The maximum absolute atomic E-state index is 12.3. The second-order valence-electron chi connectivity index (χ2n) is 14.9. The zero-order chi connectivity index (χ0) is 36.4. The van der Waals surface area contributed by atoms with Gasteiger partial charge in [-0.05, 0) is 32.1 Å². The first-order valence-electron chi connectivity index (χ1n) is 21.9. The van der Waals surface area contributed by atoms with Gasteiger partial charge in [-0.2, -0.15) is 0 Å². The molecule has 0 saturated carbocycles. The normalized spacial score (nSPS) is 13.3. The van der Waals surface area contributed by atoms with Gasteiger partial charge in [-0.3, -0.25) is 4.79 Å². The van der Waals surface area contributed by atoms with Crippen molar-refractivity contribution in [1.82, 2.24) is 5.32 Å². The van der Waals surface area contributed by atoms with Crippen molar-refractivity contribution in [1.29, 1.82) is 0 Å². The molecule has 0 rings (SSSR count). The van der Waals surface area contributed by atoms with Gasteiger partial charge in [-0.1, -0.05) is 217 Å². The third kappa shape index (κ3) is 37.8. The summed E-state index contributed by atoms with van der Waals surface area (Å²) in [7, 11) is 0. The lowest BCUT2D eigenvalue weighted by molar-refractivity contribution is -0.118. The largest absolute Gasteiger partial charge is 0.396 e. The van der Waals surface area contributed by atoms with Gasteiger partial charge in [0.1, 0.15) is 0 Å². The molecular formula is C45H85NO4. The van der Waals surface area contributed by atoms with Crippen molar-refractivity contribution in [3.63, 3.8) is 0 Å². The van der Waals surface area contributed by atoms with Crippen LogP contribution in [0.3, 0.4) is 0 Å². The third-order valence-corrected chi connectivity index (χ3v) is 10.0. The van der Waals surface area contributed by atoms with Crippen LogP contribution in [0.2, 0.25) is 0 Å². The van der Waals surface area contributed by atoms with Crippen LogP contribution in [0.5, 0.6) is 0 Å². The van der Waals surface area contributed by atoms with Crippen molar-refractivity contribution in [3.8, 4) is 0 Å². The Hall–Kier alpha value is -1.43. The molecule has 0 bridgehead atoms. The van der Waals surface area contributed by atoms with Crippen LogP contribution in [0, 0.1) is 0 Å². The lowest BCUT2D eigenvalue weighted by atomic mass is 10.0. The smallest absolute Gasteiger partial charge is 0.244 e. The van der Waals surface area contributed by atoms with E-state index in [2.05, 4.69) is 18.3 Å². The van der Waals surface area contributed by atoms with Crippen molar-refractivity contribution < 1.29 is 20.1 Å². The van der Waals surface area contributed by atoms with E-state index in [0.717, 1.165) is 25.7 Å². The molecule has 0 aromatic heterocycles. The number of carbonyl (C=O) groups is 1. The number of rotatable bonds is 40. The molecule has 2 atom stereocenters. The number of hydrogen-bond acceptors (Lipinski definition) is 4. The molecule has 0 aliphatic heterocycles. The molecule has 4 N–H and O–H groups in total. The highest BCUT2D eigenvalue weighted by Crippen LogP contribution is 2.15. The predicted octanol–water partition coefficient (Wildman–Crippen LogP) is 12.4. The summed E-state index contributed by atoms with van der Waals surface area (Å²) in [5.41, 5.74) is 0. The molecule has 0 saturated heterocycles. The van der Waals surface area contributed by atoms with Gasteiger partial charge in [0, 0.05) is 12.7 Å². The molecule has 1 amide bonds. The van der Waals surface area contributed by atoms with Gasteiger partial charge in [0.25, 0.3) is 0 Å². The number of nitrogens with one attached hydrogen (secondary N) is 1. The van der Waals surface area contributed by atoms with Crippen molar-refractivity contribution >= 4 is 5.91 Å². The van der Waals surface area contributed by atoms with E-state index in [1.54, 1.807) is 12.2 Å². The van der Waals surface area contributed by atoms with Crippen LogP contribution in [0.1, 0.15) is 219 Å². The summed E-state index contributed by atoms with van der Waals surface area (Å²) in [4.78, 5) is 12.3. The van der Waals surface area contributed by atoms with Gasteiger partial charge >= 0.3 is 0 Å². The van der Waals surface area contributed by atoms with E-state index in [-0.39, 0.29) is 12.5 Å². The Bertz CT molecular complexity index is 764. The van der Waals surface area contributed by atoms with E-state index < -0.39 is 12.1 Å². The number of aliphatic hydroxyl groups is 3. The Morgan fingerprint density at radius 3 is 1.24 bits per heavy atom. The lowest BCUT2D eigenvalue weighted by Crippen LogP contribution is -2.44. The molecule has 0 aliphatic rings. The van der Waals surface area contributed by atoms with Crippen LogP contribution in [0.25, 0.3) is 0 Å². The first kappa shape index (κ1) is 48.6. The minimum atomic E-state index is -0.890. The minimum Gasteiger partial charge on any atom is -0.396 e. The summed E-state index contributed by atoms with van der Waals surface area (Å²) in [6.07, 6.45) is 53.1. The Morgan fingerprint density at radius 1 is 0.500 bits per heavy atom. The van der Waals surface area contributed by atoms with Crippen LogP contribution in [0.4, 0.5) is 0 Å². The SMILES string of the molecule is CCCCCCCCCCCCCCCCC=CC(O)C(CO)NC(=O)C=CC=CCCCCCCCCCCCCCCCCCCCO. The Balaban J connectivity index is 3.63. The molecule has 0 aromatic rings. The molecule has 2 unspecified atom stereocenters. The van der Waals surface area contributed by atoms with Crippen LogP contribution >= 0.6 is 0 Å². The predicted molar refractivity (Wildman–Crippen MR) is 218 cm³/mol. The number of aliphatic hydroxyl groups excluding tert-OH is 3. The van der Waals surface area contributed by atoms with Gasteiger partial charge in [0.05, 0.1) is 18.8 Å². The molecule has 0 spiro atoms. The van der Waals surface area contributed by atoms with Crippen molar-refractivity contribution in [3.05, 3.63) is 36.5 Å². The first-order valence-corrected chi connectivity index (χ1v) is 21.9. The van der Waals surface area contributed by atoms with E-state index in [9.17, 15) is 15.0 Å². The van der Waals surface area contributed by atoms with E-state index in [0.29, 0.717) is 6.61 Å². The van der Waals surface area contributed by atoms with Crippen LogP contribution in [-0.2, 0) is 4.79 Å². The molecule has 0 heterocycles. The molecule has 0 aromatic carbocycles. The van der Waals surface area contributed by atoms with E-state index in [1.165, 1.54) is 192 Å². The quantitative estimate of drug-likeness (QED) is 0.0221. The maximum atomic E-state index is 12.3. The molecule has 5 nitrogen and oxygen atoms in total. The molecular weight excluding hydrogens is 618 g/mol. The molecule has 294 valence electrons. The molecule has 0 radical (unpaired) electrons. The topological polar surface area (TPSA) is 89.8 Å². The van der Waals surface area contributed by atoms with Gasteiger partial charge < -0.3 is 20.6 Å². The fraction of sp³-hybridized carbons (Fsp3) is 0.844. The maximum Gasteiger partial charge on any atom is 0.244 e. The average Bonchev–Trinajstić information content (AvgIpc) is 3.12. The summed E-state index contributed by atoms with van der Waals surface area (Å²) in [6.45, 7) is 2.32. The molecule has 0 fully saturated rings. The van der Waals surface area contributed by atoms with Crippen molar-refractivity contribution in [2.45, 2.75) is 231 Å². The monoisotopic (exact) mass is 704 g/mol. The fourth-order valence-electron chi connectivity index (χ4n) is 6.64. The first-order chi connectivity index (χ1) is 24.7. The molecule has 50 heavy (non-hydrogen) atoms. The van der Waals surface area contributed by atoms with E-state index >= 15 is 0 Å². The summed E-state index contributed by atoms with van der Waals surface area (Å²) >= 11 is 0. The van der Waals surface area contributed by atoms with Crippen LogP contribution in [-0.4, -0.2) is 46.6 Å². The van der Waals surface area contributed by atoms with Gasteiger partial charge in [-0.25, -0.2) is 0 Å². The standard InChI is InChI=1S/C45H85NO4/c1-2-3-4-5-6-7-8-9-10-18-21-24-27-30-33-36-39-44(49)43(42-48)46-45(50)40-37-34-31-28-25-22-19-16-14-12-11-13-15-17-20-23-26-29-32-35-38-41-47/h31,34,36-37,39-40,43-44,47-49H,2-30,32-33,35,38,41-42H2,1H3,(H,46,50). The summed E-state index contributed by atoms with van der Waals surface area (Å²) in [5, 5.41) is 31.6. The van der Waals surface area contributed by atoms with Crippen LogP contribution < -0.4 is 5.32 Å². The number of carbonyl (C=O) groups excluding carboxylic acids is 1. The van der Waals surface area contributed by atoms with Crippen molar-refractivity contribution in [2.24, 2.45) is 0 Å². The highest BCUT2D eigenvalue weighted by Gasteiger charge is 2.16. The Morgan fingerprint density at radius 2 is 0.860 bits per heavy atom. The zero-order valence-electron chi connectivity index (χ0n) is 33.1. The highest BCUT2D eigenvalue weighted by molar-refractivity contribution is 5.88. The number of hydrogen-bond donors (Lipinski definition) is 4. The second-order valence-corrected chi connectivity index (χ2v) is 14.9. The number of amides is 1. The molecule has 0 aliphatic carbocycles. The van der Waals surface area contributed by atoms with Crippen molar-refractivity contribution in [2.75, 3.05) is 13.2 Å². The second kappa shape index (κ2) is 42.0. The lowest BCUT2D eigenvalue weighted by Gasteiger charge is -2.18. The zero-order valence-corrected chi connectivity index (χ0v) is 33.1. The highest BCUT2D eigenvalue weighted by atomic mass is 16.3.